The molecule has 1 saturated carbocycles. The normalized spacial score (nSPS) is 30.3. The lowest BCUT2D eigenvalue weighted by Gasteiger charge is -2.50. The first-order valence-electron chi connectivity index (χ1n) is 16.5. The van der Waals surface area contributed by atoms with E-state index in [1.165, 1.54) is 0 Å². The number of likely N-dealkylation sites (tertiary alicyclic amines) is 1. The molecule has 12 nitrogen and oxygen atoms in total. The Morgan fingerprint density at radius 3 is 2.51 bits per heavy atom. The van der Waals surface area contributed by atoms with Crippen LogP contribution in [0.3, 0.4) is 0 Å². The number of halogens is 1. The molecule has 1 aromatic rings. The maximum atomic E-state index is 15.6. The number of phenolic OH excluding ortho intramolecular Hbond substituents is 1. The van der Waals surface area contributed by atoms with E-state index < -0.39 is 69.4 Å². The quantitative estimate of drug-likeness (QED) is 0.298. The number of Topliss-reactive ketones (excluding diaryl/α,β-unsaturated/α-hetero) is 2. The zero-order valence-electron chi connectivity index (χ0n) is 26.6. The molecular formula is C34H41FN4O8. The van der Waals surface area contributed by atoms with Crippen LogP contribution >= 0.6 is 0 Å². The standard InChI is InChI=1S/C34H41FN4O8/c1-38(2)26-19-13-17-12-18-20(35)14-21(36-22(40)15-39-10-6-7-11-39)27(41)24(18)28(42)23(17)30(44)34(19,46)31(45)25(29(26)43)32-37-33(16-47-32)8-4-3-5-9-33/h14,17,19,26,41,43-44,46H,3-13,15-16H2,1-2H3,(H,36,40)/t17-,19-,26-,34-/m0/s1. The van der Waals surface area contributed by atoms with Crippen molar-refractivity contribution in [1.82, 2.24) is 9.80 Å². The molecule has 0 aromatic heterocycles. The molecule has 47 heavy (non-hydrogen) atoms. The van der Waals surface area contributed by atoms with Crippen molar-refractivity contribution in [2.24, 2.45) is 16.8 Å². The Hall–Kier alpha value is -3.81. The topological polar surface area (TPSA) is 172 Å². The van der Waals surface area contributed by atoms with E-state index in [0.717, 1.165) is 64.1 Å². The summed E-state index contributed by atoms with van der Waals surface area (Å²) in [5.41, 5.74) is -4.62. The summed E-state index contributed by atoms with van der Waals surface area (Å²) in [5, 5.41) is 49.3. The fourth-order valence-electron chi connectivity index (χ4n) is 8.75. The zero-order chi connectivity index (χ0) is 33.4. The maximum absolute atomic E-state index is 15.6. The summed E-state index contributed by atoms with van der Waals surface area (Å²) >= 11 is 0. The molecule has 2 fully saturated rings. The highest BCUT2D eigenvalue weighted by molar-refractivity contribution is 6.25. The van der Waals surface area contributed by atoms with Crippen LogP contribution in [0.15, 0.2) is 33.7 Å². The second-order valence-electron chi connectivity index (χ2n) is 14.2. The van der Waals surface area contributed by atoms with Gasteiger partial charge in [0.25, 0.3) is 0 Å². The van der Waals surface area contributed by atoms with Gasteiger partial charge in [0.05, 0.1) is 29.4 Å². The fraction of sp³-hybridized carbons (Fsp3) is 0.588. The van der Waals surface area contributed by atoms with Crippen LogP contribution in [-0.4, -0.2) is 111 Å². The third-order valence-corrected chi connectivity index (χ3v) is 11.1. The monoisotopic (exact) mass is 652 g/mol. The van der Waals surface area contributed by atoms with Gasteiger partial charge in [-0.2, -0.15) is 0 Å². The van der Waals surface area contributed by atoms with Crippen LogP contribution in [0.25, 0.3) is 0 Å². The number of anilines is 1. The number of carbonyl (C=O) groups is 3. The number of aliphatic hydroxyl groups excluding tert-OH is 2. The van der Waals surface area contributed by atoms with Crippen LogP contribution in [0.1, 0.15) is 67.3 Å². The van der Waals surface area contributed by atoms with Crippen molar-refractivity contribution in [2.45, 2.75) is 75.0 Å². The molecule has 2 heterocycles. The molecule has 1 amide bonds. The number of phenols is 1. The summed E-state index contributed by atoms with van der Waals surface area (Å²) in [6.07, 6.45) is 6.21. The van der Waals surface area contributed by atoms with E-state index >= 15 is 4.39 Å². The minimum atomic E-state index is -2.64. The van der Waals surface area contributed by atoms with Gasteiger partial charge in [-0.15, -0.1) is 0 Å². The number of amides is 1. The Balaban J connectivity index is 1.28. The second-order valence-corrected chi connectivity index (χ2v) is 14.2. The van der Waals surface area contributed by atoms with Crippen LogP contribution in [0, 0.1) is 17.7 Å². The third kappa shape index (κ3) is 4.88. The smallest absolute Gasteiger partial charge is 0.238 e. The highest BCUT2D eigenvalue weighted by Crippen LogP contribution is 2.53. The number of allylic oxidation sites excluding steroid dienone is 1. The van der Waals surface area contributed by atoms with Gasteiger partial charge in [-0.1, -0.05) is 19.3 Å². The van der Waals surface area contributed by atoms with Gasteiger partial charge in [0.1, 0.15) is 29.5 Å². The lowest BCUT2D eigenvalue weighted by atomic mass is 9.58. The van der Waals surface area contributed by atoms with Gasteiger partial charge in [-0.3, -0.25) is 24.2 Å². The highest BCUT2D eigenvalue weighted by atomic mass is 19.1. The predicted molar refractivity (Wildman–Crippen MR) is 168 cm³/mol. The number of rotatable bonds is 5. The summed E-state index contributed by atoms with van der Waals surface area (Å²) in [5.74, 6) is -7.21. The largest absolute Gasteiger partial charge is 0.510 e. The first kappa shape index (κ1) is 31.8. The van der Waals surface area contributed by atoms with Crippen LogP contribution < -0.4 is 5.32 Å². The minimum Gasteiger partial charge on any atom is -0.510 e. The lowest BCUT2D eigenvalue weighted by molar-refractivity contribution is -0.146. The Bertz CT molecular complexity index is 1650. The number of nitrogens with zero attached hydrogens (tertiary/aromatic N) is 3. The van der Waals surface area contributed by atoms with E-state index in [2.05, 4.69) is 5.32 Å². The number of aliphatic hydroxyl groups is 3. The molecule has 0 radical (unpaired) electrons. The number of hydrogen-bond acceptors (Lipinski definition) is 11. The SMILES string of the molecule is CN(C)[C@@H]1C(O)=C(C2=NC3(CCCCC3)CO2)C(=O)[C@@]2(O)C(O)=C3C(=O)c4c(O)c(NC(=O)CN5CCCC5)cc(F)c4C[C@H]3C[C@@H]12. The van der Waals surface area contributed by atoms with Crippen LogP contribution in [0.4, 0.5) is 10.1 Å². The molecule has 1 aromatic carbocycles. The van der Waals surface area contributed by atoms with Gasteiger partial charge in [0.2, 0.25) is 17.6 Å². The predicted octanol–water partition coefficient (Wildman–Crippen LogP) is 2.94. The summed E-state index contributed by atoms with van der Waals surface area (Å²) in [6.45, 7) is 1.77. The summed E-state index contributed by atoms with van der Waals surface area (Å²) in [7, 11) is 3.31. The number of hydrogen-bond donors (Lipinski definition) is 5. The van der Waals surface area contributed by atoms with Crippen molar-refractivity contribution in [3.8, 4) is 5.75 Å². The number of benzene rings is 1. The number of fused-ring (bicyclic) bond motifs is 3. The number of aromatic hydroxyl groups is 1. The molecular weight excluding hydrogens is 611 g/mol. The molecule has 5 N–H and O–H groups in total. The maximum Gasteiger partial charge on any atom is 0.238 e. The van der Waals surface area contributed by atoms with Crippen molar-refractivity contribution in [1.29, 1.82) is 0 Å². The second kappa shape index (κ2) is 11.4. The van der Waals surface area contributed by atoms with Gasteiger partial charge >= 0.3 is 0 Å². The Labute approximate surface area is 271 Å². The lowest BCUT2D eigenvalue weighted by Crippen LogP contribution is -2.63. The van der Waals surface area contributed by atoms with Crippen LogP contribution in [-0.2, 0) is 20.7 Å². The molecule has 252 valence electrons. The highest BCUT2D eigenvalue weighted by Gasteiger charge is 2.64. The van der Waals surface area contributed by atoms with Gasteiger partial charge < -0.3 is 30.5 Å². The molecule has 2 aliphatic heterocycles. The first-order valence-corrected chi connectivity index (χ1v) is 16.5. The Kier molecular flexibility index (Phi) is 7.72. The number of likely N-dealkylation sites (N-methyl/N-ethyl adjacent to an activating group) is 1. The molecule has 4 aliphatic carbocycles. The van der Waals surface area contributed by atoms with E-state index in [1.54, 1.807) is 19.0 Å². The van der Waals surface area contributed by atoms with Crippen molar-refractivity contribution >= 4 is 29.1 Å². The number of ketones is 2. The molecule has 7 rings (SSSR count). The van der Waals surface area contributed by atoms with E-state index in [1.807, 2.05) is 4.90 Å². The molecule has 13 heteroatoms. The van der Waals surface area contributed by atoms with Gasteiger partial charge in [-0.25, -0.2) is 9.38 Å². The Morgan fingerprint density at radius 1 is 1.13 bits per heavy atom. The average Bonchev–Trinajstić information content (AvgIpc) is 3.68. The number of aliphatic imine (C=N–C) groups is 1. The van der Waals surface area contributed by atoms with Gasteiger partial charge in [0.15, 0.2) is 17.1 Å². The number of carbonyl (C=O) groups excluding carboxylic acids is 3. The first-order chi connectivity index (χ1) is 22.4. The molecule has 0 unspecified atom stereocenters. The minimum absolute atomic E-state index is 0.0441. The zero-order valence-corrected chi connectivity index (χ0v) is 26.6. The van der Waals surface area contributed by atoms with E-state index in [4.69, 9.17) is 9.73 Å². The van der Waals surface area contributed by atoms with E-state index in [-0.39, 0.29) is 60.0 Å². The molecule has 1 saturated heterocycles. The summed E-state index contributed by atoms with van der Waals surface area (Å²) in [4.78, 5) is 49.4. The summed E-state index contributed by atoms with van der Waals surface area (Å²) in [6, 6.07) is 0.0000476. The van der Waals surface area contributed by atoms with Gasteiger partial charge in [-0.05, 0) is 71.6 Å². The molecule has 1 spiro atoms. The van der Waals surface area contributed by atoms with Crippen molar-refractivity contribution < 1.29 is 43.9 Å². The van der Waals surface area contributed by atoms with E-state index in [0.29, 0.717) is 0 Å². The fourth-order valence-corrected chi connectivity index (χ4v) is 8.75. The number of nitrogens with one attached hydrogen (secondary N) is 1. The van der Waals surface area contributed by atoms with Crippen molar-refractivity contribution in [2.75, 3.05) is 45.7 Å². The van der Waals surface area contributed by atoms with Crippen molar-refractivity contribution in [3.63, 3.8) is 0 Å². The average molecular weight is 653 g/mol. The van der Waals surface area contributed by atoms with Gasteiger partial charge in [0, 0.05) is 23.1 Å². The van der Waals surface area contributed by atoms with Crippen LogP contribution in [0.2, 0.25) is 0 Å². The Morgan fingerprint density at radius 2 is 1.83 bits per heavy atom. The molecule has 6 aliphatic rings. The summed E-state index contributed by atoms with van der Waals surface area (Å²) < 4.78 is 21.5. The van der Waals surface area contributed by atoms with E-state index in [9.17, 15) is 34.8 Å². The third-order valence-electron chi connectivity index (χ3n) is 11.1. The number of ether oxygens (including phenoxy) is 1. The van der Waals surface area contributed by atoms with Crippen LogP contribution in [0.5, 0.6) is 5.75 Å². The van der Waals surface area contributed by atoms with Crippen molar-refractivity contribution in [3.05, 3.63) is 45.7 Å². The molecule has 4 atom stereocenters. The molecule has 0 bridgehead atoms.